The van der Waals surface area contributed by atoms with Gasteiger partial charge in [0.1, 0.15) is 0 Å². The Labute approximate surface area is 90.6 Å². The van der Waals surface area contributed by atoms with Crippen LogP contribution in [0.5, 0.6) is 0 Å². The molecule has 1 saturated heterocycles. The quantitative estimate of drug-likeness (QED) is 0.501. The molecule has 0 spiro atoms. The van der Waals surface area contributed by atoms with Gasteiger partial charge in [-0.05, 0) is 32.7 Å². The summed E-state index contributed by atoms with van der Waals surface area (Å²) in [6, 6.07) is 1.48. The Balaban J connectivity index is 0.000000671. The molecule has 0 amide bonds. The highest BCUT2D eigenvalue weighted by molar-refractivity contribution is 7.79. The van der Waals surface area contributed by atoms with E-state index in [2.05, 4.69) is 45.7 Å². The molecule has 1 fully saturated rings. The maximum absolute atomic E-state index is 6.09. The van der Waals surface area contributed by atoms with E-state index in [-0.39, 0.29) is 0 Å². The van der Waals surface area contributed by atoms with Crippen LogP contribution in [0.15, 0.2) is 0 Å². The van der Waals surface area contributed by atoms with E-state index in [1.54, 1.807) is 6.26 Å². The van der Waals surface area contributed by atoms with Gasteiger partial charge in [-0.25, -0.2) is 0 Å². The first-order valence-electron chi connectivity index (χ1n) is 4.98. The average molecular weight is 237 g/mol. The number of rotatable bonds is 0. The highest BCUT2D eigenvalue weighted by Gasteiger charge is 2.46. The second kappa shape index (κ2) is 5.00. The summed E-state index contributed by atoms with van der Waals surface area (Å²) in [7, 11) is -2.19. The van der Waals surface area contributed by atoms with Crippen molar-refractivity contribution >= 4 is 28.1 Å². The molecule has 0 aromatic rings. The lowest BCUT2D eigenvalue weighted by Crippen LogP contribution is -2.61. The molecule has 0 aromatic carbocycles. The molecule has 80 valence electrons. The molecule has 1 unspecified atom stereocenters. The summed E-state index contributed by atoms with van der Waals surface area (Å²) in [6.07, 6.45) is 3.53. The molecular formula is C9H24OSSi2. The van der Waals surface area contributed by atoms with E-state index in [1.165, 1.54) is 12.5 Å². The smallest absolute Gasteiger partial charge is 0.174 e. The zero-order valence-electron chi connectivity index (χ0n) is 9.85. The molecule has 1 aliphatic rings. The molecule has 1 heterocycles. The van der Waals surface area contributed by atoms with E-state index < -0.39 is 15.4 Å². The molecule has 4 heteroatoms. The van der Waals surface area contributed by atoms with Crippen molar-refractivity contribution in [1.29, 1.82) is 0 Å². The first-order chi connectivity index (χ1) is 5.85. The van der Waals surface area contributed by atoms with Crippen LogP contribution >= 0.6 is 12.6 Å². The Morgan fingerprint density at radius 3 is 1.92 bits per heavy atom. The molecule has 0 aromatic heterocycles. The van der Waals surface area contributed by atoms with Crippen LogP contribution in [0, 0.1) is 0 Å². The maximum atomic E-state index is 6.09. The molecule has 0 bridgehead atoms. The minimum atomic E-state index is -1.24. The fourth-order valence-electron chi connectivity index (χ4n) is 1.59. The van der Waals surface area contributed by atoms with E-state index in [9.17, 15) is 0 Å². The third kappa shape index (κ3) is 3.42. The number of thiol groups is 1. The molecule has 0 N–H and O–H groups in total. The van der Waals surface area contributed by atoms with Crippen molar-refractivity contribution in [3.8, 4) is 0 Å². The normalized spacial score (nSPS) is 30.2. The molecule has 1 nitrogen and oxygen atoms in total. The van der Waals surface area contributed by atoms with Crippen LogP contribution in [0.25, 0.3) is 0 Å². The van der Waals surface area contributed by atoms with Gasteiger partial charge in [0, 0.05) is 6.10 Å². The lowest BCUT2D eigenvalue weighted by Gasteiger charge is -2.44. The van der Waals surface area contributed by atoms with Crippen LogP contribution in [0.1, 0.15) is 13.3 Å². The van der Waals surface area contributed by atoms with Crippen molar-refractivity contribution in [1.82, 2.24) is 0 Å². The van der Waals surface area contributed by atoms with Gasteiger partial charge in [0.2, 0.25) is 0 Å². The first-order valence-corrected chi connectivity index (χ1v) is 13.0. The van der Waals surface area contributed by atoms with E-state index in [4.69, 9.17) is 4.43 Å². The zero-order valence-corrected chi connectivity index (χ0v) is 12.7. The van der Waals surface area contributed by atoms with E-state index >= 15 is 0 Å². The van der Waals surface area contributed by atoms with Gasteiger partial charge in [0.05, 0.1) is 7.59 Å². The lowest BCUT2D eigenvalue weighted by atomic mass is 10.3. The first kappa shape index (κ1) is 13.7. The molecule has 1 aliphatic heterocycles. The summed E-state index contributed by atoms with van der Waals surface area (Å²) < 4.78 is 6.09. The van der Waals surface area contributed by atoms with Crippen molar-refractivity contribution < 1.29 is 4.43 Å². The van der Waals surface area contributed by atoms with E-state index in [0.29, 0.717) is 6.10 Å². The number of hydrogen-bond acceptors (Lipinski definition) is 2. The van der Waals surface area contributed by atoms with Crippen LogP contribution in [0.3, 0.4) is 0 Å². The van der Waals surface area contributed by atoms with Crippen LogP contribution in [0.2, 0.25) is 32.2 Å². The van der Waals surface area contributed by atoms with Crippen molar-refractivity contribution in [2.24, 2.45) is 0 Å². The molecule has 1 rings (SSSR count). The van der Waals surface area contributed by atoms with Gasteiger partial charge in [0.15, 0.2) is 7.83 Å². The predicted octanol–water partition coefficient (Wildman–Crippen LogP) is 3.33. The second-order valence-corrected chi connectivity index (χ2v) is 20.1. The standard InChI is InChI=1S/C8H20OSi2.CH4S/c1-8-6-7-10(2,3)11(4,5)9-8;1-2/h8H,6-7H2,1-5H3;2H,1H3. The SMILES string of the molecule is CC1CC[Si](C)(C)[Si](C)(C)O1.CS. The van der Waals surface area contributed by atoms with Crippen molar-refractivity contribution in [2.75, 3.05) is 6.26 Å². The lowest BCUT2D eigenvalue weighted by molar-refractivity contribution is 0.206. The average Bonchev–Trinajstić information content (AvgIpc) is 2.02. The van der Waals surface area contributed by atoms with Gasteiger partial charge in [-0.15, -0.1) is 0 Å². The van der Waals surface area contributed by atoms with Gasteiger partial charge >= 0.3 is 0 Å². The molecule has 0 aliphatic carbocycles. The van der Waals surface area contributed by atoms with Crippen LogP contribution in [-0.2, 0) is 4.43 Å². The molecule has 0 saturated carbocycles. The highest BCUT2D eigenvalue weighted by atomic mass is 32.1. The topological polar surface area (TPSA) is 9.23 Å². The van der Waals surface area contributed by atoms with Crippen molar-refractivity contribution in [2.45, 2.75) is 51.7 Å². The van der Waals surface area contributed by atoms with Gasteiger partial charge in [-0.3, -0.25) is 0 Å². The zero-order chi connectivity index (χ0) is 10.7. The number of hydrogen-bond donors (Lipinski definition) is 1. The minimum Gasteiger partial charge on any atom is -0.417 e. The predicted molar refractivity (Wildman–Crippen MR) is 69.8 cm³/mol. The Hall–Kier alpha value is 0.744. The second-order valence-electron chi connectivity index (χ2n) is 4.86. The van der Waals surface area contributed by atoms with E-state index in [1.807, 2.05) is 0 Å². The third-order valence-electron chi connectivity index (χ3n) is 3.30. The van der Waals surface area contributed by atoms with Crippen molar-refractivity contribution in [3.63, 3.8) is 0 Å². The highest BCUT2D eigenvalue weighted by Crippen LogP contribution is 2.32. The molecule has 1 atom stereocenters. The Morgan fingerprint density at radius 1 is 1.15 bits per heavy atom. The van der Waals surface area contributed by atoms with Gasteiger partial charge in [0.25, 0.3) is 0 Å². The summed E-state index contributed by atoms with van der Waals surface area (Å²) in [5.74, 6) is 0. The molecule has 13 heavy (non-hydrogen) atoms. The fraction of sp³-hybridized carbons (Fsp3) is 1.00. The summed E-state index contributed by atoms with van der Waals surface area (Å²) in [5.41, 5.74) is 0. The largest absolute Gasteiger partial charge is 0.417 e. The Kier molecular flexibility index (Phi) is 5.29. The monoisotopic (exact) mass is 236 g/mol. The van der Waals surface area contributed by atoms with Crippen LogP contribution in [0.4, 0.5) is 0 Å². The van der Waals surface area contributed by atoms with Crippen LogP contribution < -0.4 is 0 Å². The van der Waals surface area contributed by atoms with Crippen LogP contribution in [-0.4, -0.2) is 27.8 Å². The molecular weight excluding hydrogens is 212 g/mol. The van der Waals surface area contributed by atoms with Gasteiger partial charge in [-0.1, -0.05) is 19.1 Å². The third-order valence-corrected chi connectivity index (χ3v) is 20.0. The van der Waals surface area contributed by atoms with Gasteiger partial charge in [-0.2, -0.15) is 12.6 Å². The fourth-order valence-corrected chi connectivity index (χ4v) is 8.56. The maximum Gasteiger partial charge on any atom is 0.174 e. The summed E-state index contributed by atoms with van der Waals surface area (Å²) in [6.45, 7) is 12.0. The molecule has 0 radical (unpaired) electrons. The van der Waals surface area contributed by atoms with Gasteiger partial charge < -0.3 is 4.43 Å². The minimum absolute atomic E-state index is 0.539. The Morgan fingerprint density at radius 2 is 1.62 bits per heavy atom. The summed E-state index contributed by atoms with van der Waals surface area (Å²) in [4.78, 5) is 0. The van der Waals surface area contributed by atoms with Crippen molar-refractivity contribution in [3.05, 3.63) is 0 Å². The van der Waals surface area contributed by atoms with E-state index in [0.717, 1.165) is 0 Å². The summed E-state index contributed by atoms with van der Waals surface area (Å²) in [5, 5.41) is 0. The Bertz CT molecular complexity index is 160. The summed E-state index contributed by atoms with van der Waals surface area (Å²) >= 11 is 3.53.